The lowest BCUT2D eigenvalue weighted by atomic mass is 10.0. The molecule has 7 heteroatoms. The van der Waals surface area contributed by atoms with Gasteiger partial charge in [0.05, 0.1) is 0 Å². The van der Waals surface area contributed by atoms with Crippen LogP contribution in [0.1, 0.15) is 24.0 Å². The number of halogens is 3. The van der Waals surface area contributed by atoms with Gasteiger partial charge in [-0.1, -0.05) is 42.5 Å². The molecule has 1 atom stereocenters. The van der Waals surface area contributed by atoms with Gasteiger partial charge in [-0.25, -0.2) is 0 Å². The predicted octanol–water partition coefficient (Wildman–Crippen LogP) is 4.15. The average Bonchev–Trinajstić information content (AvgIpc) is 2.57. The molecular weight excluding hydrogens is 347 g/mol. The second-order valence-electron chi connectivity index (χ2n) is 5.90. The summed E-state index contributed by atoms with van der Waals surface area (Å²) in [5, 5.41) is 12.1. The lowest BCUT2D eigenvalue weighted by Gasteiger charge is -2.19. The summed E-state index contributed by atoms with van der Waals surface area (Å²) >= 11 is 0. The quantitative estimate of drug-likeness (QED) is 0.699. The van der Waals surface area contributed by atoms with Crippen LogP contribution in [0.2, 0.25) is 0 Å². The van der Waals surface area contributed by atoms with Gasteiger partial charge in [-0.3, -0.25) is 4.79 Å². The Hall–Kier alpha value is -2.54. The van der Waals surface area contributed by atoms with Gasteiger partial charge in [0, 0.05) is 19.0 Å². The highest BCUT2D eigenvalue weighted by atomic mass is 19.4. The molecule has 0 aliphatic heterocycles. The van der Waals surface area contributed by atoms with Gasteiger partial charge in [-0.2, -0.15) is 0 Å². The number of hydrogen-bond donors (Lipinski definition) is 2. The third-order valence-electron chi connectivity index (χ3n) is 3.76. The molecule has 0 radical (unpaired) electrons. The summed E-state index contributed by atoms with van der Waals surface area (Å²) in [7, 11) is 0. The molecule has 0 heterocycles. The summed E-state index contributed by atoms with van der Waals surface area (Å²) in [5.41, 5.74) is 1.68. The highest BCUT2D eigenvalue weighted by molar-refractivity contribution is 5.66. The number of aliphatic carboxylic acids is 1. The zero-order valence-corrected chi connectivity index (χ0v) is 14.0. The molecule has 0 saturated carbocycles. The van der Waals surface area contributed by atoms with Crippen molar-refractivity contribution in [2.75, 3.05) is 0 Å². The van der Waals surface area contributed by atoms with E-state index in [1.165, 1.54) is 18.2 Å². The molecule has 4 nitrogen and oxygen atoms in total. The molecule has 0 fully saturated rings. The van der Waals surface area contributed by atoms with E-state index in [-0.39, 0.29) is 18.2 Å². The lowest BCUT2D eigenvalue weighted by molar-refractivity contribution is -0.274. The van der Waals surface area contributed by atoms with Crippen LogP contribution in [0.5, 0.6) is 5.75 Å². The Morgan fingerprint density at radius 3 is 2.42 bits per heavy atom. The van der Waals surface area contributed by atoms with E-state index in [9.17, 15) is 18.0 Å². The van der Waals surface area contributed by atoms with E-state index in [4.69, 9.17) is 5.11 Å². The van der Waals surface area contributed by atoms with Crippen LogP contribution in [0, 0.1) is 0 Å². The van der Waals surface area contributed by atoms with Crippen molar-refractivity contribution in [1.29, 1.82) is 0 Å². The smallest absolute Gasteiger partial charge is 0.481 e. The van der Waals surface area contributed by atoms with Crippen LogP contribution in [-0.2, 0) is 17.8 Å². The Balaban J connectivity index is 1.99. The Morgan fingerprint density at radius 2 is 1.77 bits per heavy atom. The number of ether oxygens (including phenoxy) is 1. The number of carboxylic acids is 1. The molecule has 1 unspecified atom stereocenters. The standard InChI is InChI=1S/C19H20F3NO3/c20-19(21,22)26-17-8-4-7-15(12-17)13-23-16(9-10-18(24)25)11-14-5-2-1-3-6-14/h1-8,12,16,23H,9-11,13H2,(H,24,25). The summed E-state index contributed by atoms with van der Waals surface area (Å²) in [6.45, 7) is 0.312. The van der Waals surface area contributed by atoms with Crippen LogP contribution in [0.3, 0.4) is 0 Å². The molecule has 2 aromatic rings. The Labute approximate surface area is 149 Å². The minimum atomic E-state index is -4.73. The van der Waals surface area contributed by atoms with Crippen LogP contribution in [0.25, 0.3) is 0 Å². The fourth-order valence-corrected chi connectivity index (χ4v) is 2.59. The fraction of sp³-hybridized carbons (Fsp3) is 0.316. The van der Waals surface area contributed by atoms with E-state index in [1.54, 1.807) is 6.07 Å². The first-order valence-electron chi connectivity index (χ1n) is 8.15. The molecule has 140 valence electrons. The summed E-state index contributed by atoms with van der Waals surface area (Å²) in [4.78, 5) is 10.9. The third-order valence-corrected chi connectivity index (χ3v) is 3.76. The first-order chi connectivity index (χ1) is 12.3. The normalized spacial score (nSPS) is 12.6. The first kappa shape index (κ1) is 19.8. The van der Waals surface area contributed by atoms with Crippen molar-refractivity contribution in [2.45, 2.75) is 38.2 Å². The third kappa shape index (κ3) is 7.57. The largest absolute Gasteiger partial charge is 0.573 e. The maximum atomic E-state index is 12.3. The molecule has 0 aliphatic rings. The maximum absolute atomic E-state index is 12.3. The molecular formula is C19H20F3NO3. The number of carbonyl (C=O) groups is 1. The van der Waals surface area contributed by atoms with Gasteiger partial charge < -0.3 is 15.2 Å². The predicted molar refractivity (Wildman–Crippen MR) is 90.8 cm³/mol. The maximum Gasteiger partial charge on any atom is 0.573 e. The Bertz CT molecular complexity index is 705. The molecule has 0 saturated heterocycles. The van der Waals surface area contributed by atoms with Crippen molar-refractivity contribution in [3.8, 4) is 5.75 Å². The average molecular weight is 367 g/mol. The second kappa shape index (κ2) is 9.24. The Kier molecular flexibility index (Phi) is 7.03. The molecule has 2 N–H and O–H groups in total. The molecule has 0 bridgehead atoms. The van der Waals surface area contributed by atoms with Crippen molar-refractivity contribution < 1.29 is 27.8 Å². The van der Waals surface area contributed by atoms with Gasteiger partial charge in [0.25, 0.3) is 0 Å². The van der Waals surface area contributed by atoms with Crippen LogP contribution in [0.15, 0.2) is 54.6 Å². The monoisotopic (exact) mass is 367 g/mol. The summed E-state index contributed by atoms with van der Waals surface area (Å²) in [6, 6.07) is 15.2. The van der Waals surface area contributed by atoms with E-state index in [0.29, 0.717) is 24.9 Å². The molecule has 2 rings (SSSR count). The Morgan fingerprint density at radius 1 is 1.08 bits per heavy atom. The van der Waals surface area contributed by atoms with Crippen molar-refractivity contribution in [3.05, 3.63) is 65.7 Å². The zero-order valence-electron chi connectivity index (χ0n) is 14.0. The number of carboxylic acid groups (broad SMARTS) is 1. The fourth-order valence-electron chi connectivity index (χ4n) is 2.59. The number of hydrogen-bond acceptors (Lipinski definition) is 3. The molecule has 0 amide bonds. The SMILES string of the molecule is O=C(O)CCC(Cc1ccccc1)NCc1cccc(OC(F)(F)F)c1. The molecule has 0 spiro atoms. The van der Waals surface area contributed by atoms with Gasteiger partial charge in [-0.15, -0.1) is 13.2 Å². The molecule has 0 aliphatic carbocycles. The molecule has 26 heavy (non-hydrogen) atoms. The van der Waals surface area contributed by atoms with E-state index in [1.807, 2.05) is 30.3 Å². The van der Waals surface area contributed by atoms with Crippen LogP contribution in [-0.4, -0.2) is 23.5 Å². The topological polar surface area (TPSA) is 58.6 Å². The molecule has 0 aromatic heterocycles. The van der Waals surface area contributed by atoms with Gasteiger partial charge >= 0.3 is 12.3 Å². The highest BCUT2D eigenvalue weighted by Crippen LogP contribution is 2.23. The lowest BCUT2D eigenvalue weighted by Crippen LogP contribution is -2.31. The van der Waals surface area contributed by atoms with Crippen molar-refractivity contribution in [3.63, 3.8) is 0 Å². The number of benzene rings is 2. The van der Waals surface area contributed by atoms with Crippen molar-refractivity contribution in [1.82, 2.24) is 5.32 Å². The number of alkyl halides is 3. The first-order valence-corrected chi connectivity index (χ1v) is 8.15. The van der Waals surface area contributed by atoms with E-state index in [2.05, 4.69) is 10.1 Å². The van der Waals surface area contributed by atoms with Crippen LogP contribution < -0.4 is 10.1 Å². The van der Waals surface area contributed by atoms with Gasteiger partial charge in [-0.05, 0) is 36.1 Å². The minimum Gasteiger partial charge on any atom is -0.481 e. The summed E-state index contributed by atoms with van der Waals surface area (Å²) in [6.07, 6.45) is -3.67. The number of nitrogens with one attached hydrogen (secondary N) is 1. The zero-order chi connectivity index (χ0) is 19.0. The van der Waals surface area contributed by atoms with Crippen molar-refractivity contribution in [2.24, 2.45) is 0 Å². The van der Waals surface area contributed by atoms with E-state index < -0.39 is 12.3 Å². The van der Waals surface area contributed by atoms with Crippen LogP contribution in [0.4, 0.5) is 13.2 Å². The summed E-state index contributed by atoms with van der Waals surface area (Å²) < 4.78 is 40.9. The van der Waals surface area contributed by atoms with Gasteiger partial charge in [0.1, 0.15) is 5.75 Å². The van der Waals surface area contributed by atoms with E-state index >= 15 is 0 Å². The molecule has 2 aromatic carbocycles. The summed E-state index contributed by atoms with van der Waals surface area (Å²) in [5.74, 6) is -1.16. The second-order valence-corrected chi connectivity index (χ2v) is 5.90. The van der Waals surface area contributed by atoms with Crippen molar-refractivity contribution >= 4 is 5.97 Å². The van der Waals surface area contributed by atoms with Crippen LogP contribution >= 0.6 is 0 Å². The van der Waals surface area contributed by atoms with Gasteiger partial charge in [0.2, 0.25) is 0 Å². The van der Waals surface area contributed by atoms with Gasteiger partial charge in [0.15, 0.2) is 0 Å². The minimum absolute atomic E-state index is 0.0156. The highest BCUT2D eigenvalue weighted by Gasteiger charge is 2.31. The number of rotatable bonds is 9. The van der Waals surface area contributed by atoms with E-state index in [0.717, 1.165) is 5.56 Å².